The van der Waals surface area contributed by atoms with Crippen LogP contribution in [-0.4, -0.2) is 22.5 Å². The van der Waals surface area contributed by atoms with Crippen LogP contribution in [0.1, 0.15) is 71.5 Å². The Balaban J connectivity index is 1.60. The third kappa shape index (κ3) is 4.01. The summed E-state index contributed by atoms with van der Waals surface area (Å²) in [4.78, 5) is 7.76. The molecule has 0 fully saturated rings. The summed E-state index contributed by atoms with van der Waals surface area (Å²) in [6.45, 7) is 12.7. The molecule has 3 heteroatoms. The van der Waals surface area contributed by atoms with Gasteiger partial charge in [0.15, 0.2) is 0 Å². The van der Waals surface area contributed by atoms with Crippen molar-refractivity contribution >= 4 is 0 Å². The van der Waals surface area contributed by atoms with Gasteiger partial charge in [-0.1, -0.05) is 31.5 Å². The van der Waals surface area contributed by atoms with Crippen LogP contribution in [0.15, 0.2) is 18.2 Å². The molecule has 0 aliphatic carbocycles. The summed E-state index contributed by atoms with van der Waals surface area (Å²) in [5.41, 5.74) is 11.3. The van der Waals surface area contributed by atoms with Crippen LogP contribution in [0.5, 0.6) is 0 Å². The van der Waals surface area contributed by atoms with Crippen LogP contribution in [0.3, 0.4) is 0 Å². The Bertz CT molecular complexity index is 858. The van der Waals surface area contributed by atoms with Gasteiger partial charge in [-0.15, -0.1) is 0 Å². The first-order valence-electron chi connectivity index (χ1n) is 11.0. The van der Waals surface area contributed by atoms with Gasteiger partial charge >= 0.3 is 0 Å². The fraction of sp³-hybridized carbons (Fsp3) is 0.560. The fourth-order valence-electron chi connectivity index (χ4n) is 4.62. The SMILES string of the molecule is CCCCc1nc2c(c3c1C[C@H](C)OC3)CN(Cc1ccc(C)c(C)c1)CC2. The Kier molecular flexibility index (Phi) is 5.84. The maximum absolute atomic E-state index is 6.07. The zero-order chi connectivity index (χ0) is 19.7. The Hall–Kier alpha value is -1.71. The van der Waals surface area contributed by atoms with Crippen molar-refractivity contribution < 1.29 is 4.74 Å². The summed E-state index contributed by atoms with van der Waals surface area (Å²) >= 11 is 0. The van der Waals surface area contributed by atoms with E-state index < -0.39 is 0 Å². The van der Waals surface area contributed by atoms with Gasteiger partial charge < -0.3 is 4.74 Å². The lowest BCUT2D eigenvalue weighted by Gasteiger charge is -2.34. The van der Waals surface area contributed by atoms with Crippen molar-refractivity contribution in [2.75, 3.05) is 6.54 Å². The van der Waals surface area contributed by atoms with Crippen LogP contribution in [0.2, 0.25) is 0 Å². The van der Waals surface area contributed by atoms with Gasteiger partial charge in [-0.25, -0.2) is 0 Å². The predicted octanol–water partition coefficient (Wildman–Crippen LogP) is 5.06. The lowest BCUT2D eigenvalue weighted by atomic mass is 9.89. The standard InChI is InChI=1S/C25H34N2O/c1-5-6-7-24-21-13-19(4)28-16-23(21)22-15-27(11-10-25(22)26-24)14-20-9-8-17(2)18(3)12-20/h8-9,12,19H,5-7,10-11,13-16H2,1-4H3/t19-/m0/s1. The maximum Gasteiger partial charge on any atom is 0.0727 e. The molecule has 1 aromatic heterocycles. The molecule has 0 amide bonds. The maximum atomic E-state index is 6.07. The van der Waals surface area contributed by atoms with E-state index in [0.717, 1.165) is 45.5 Å². The van der Waals surface area contributed by atoms with E-state index in [1.165, 1.54) is 57.6 Å². The predicted molar refractivity (Wildman–Crippen MR) is 115 cm³/mol. The minimum atomic E-state index is 0.308. The summed E-state index contributed by atoms with van der Waals surface area (Å²) in [6, 6.07) is 6.88. The van der Waals surface area contributed by atoms with E-state index in [1.54, 1.807) is 0 Å². The first-order chi connectivity index (χ1) is 13.5. The molecular weight excluding hydrogens is 344 g/mol. The number of hydrogen-bond acceptors (Lipinski definition) is 3. The second-order valence-corrected chi connectivity index (χ2v) is 8.75. The number of pyridine rings is 1. The number of nitrogens with zero attached hydrogens (tertiary/aromatic N) is 2. The second-order valence-electron chi connectivity index (χ2n) is 8.75. The van der Waals surface area contributed by atoms with E-state index in [4.69, 9.17) is 9.72 Å². The van der Waals surface area contributed by atoms with Gasteiger partial charge in [-0.3, -0.25) is 9.88 Å². The minimum Gasteiger partial charge on any atom is -0.373 e. The van der Waals surface area contributed by atoms with E-state index in [-0.39, 0.29) is 0 Å². The summed E-state index contributed by atoms with van der Waals surface area (Å²) in [7, 11) is 0. The Labute approximate surface area is 170 Å². The third-order valence-corrected chi connectivity index (χ3v) is 6.49. The number of hydrogen-bond donors (Lipinski definition) is 0. The Morgan fingerprint density at radius 2 is 2.00 bits per heavy atom. The average molecular weight is 379 g/mol. The second kappa shape index (κ2) is 8.34. The first kappa shape index (κ1) is 19.6. The molecule has 3 nitrogen and oxygen atoms in total. The summed E-state index contributed by atoms with van der Waals surface area (Å²) in [6.07, 6.45) is 5.96. The van der Waals surface area contributed by atoms with Gasteiger partial charge in [0.25, 0.3) is 0 Å². The molecular formula is C25H34N2O. The molecule has 1 aromatic carbocycles. The van der Waals surface area contributed by atoms with Crippen molar-refractivity contribution in [2.24, 2.45) is 0 Å². The van der Waals surface area contributed by atoms with Gasteiger partial charge in [0, 0.05) is 43.9 Å². The smallest absolute Gasteiger partial charge is 0.0727 e. The molecule has 150 valence electrons. The molecule has 0 radical (unpaired) electrons. The molecule has 0 unspecified atom stereocenters. The van der Waals surface area contributed by atoms with Gasteiger partial charge in [0.2, 0.25) is 0 Å². The largest absolute Gasteiger partial charge is 0.373 e. The van der Waals surface area contributed by atoms with Crippen LogP contribution in [0.4, 0.5) is 0 Å². The highest BCUT2D eigenvalue weighted by Crippen LogP contribution is 2.32. The minimum absolute atomic E-state index is 0.308. The van der Waals surface area contributed by atoms with Crippen molar-refractivity contribution in [3.63, 3.8) is 0 Å². The highest BCUT2D eigenvalue weighted by atomic mass is 16.5. The van der Waals surface area contributed by atoms with Crippen LogP contribution in [-0.2, 0) is 43.7 Å². The van der Waals surface area contributed by atoms with Crippen LogP contribution >= 0.6 is 0 Å². The highest BCUT2D eigenvalue weighted by molar-refractivity contribution is 5.43. The highest BCUT2D eigenvalue weighted by Gasteiger charge is 2.28. The molecule has 28 heavy (non-hydrogen) atoms. The number of unbranched alkanes of at least 4 members (excludes halogenated alkanes) is 1. The number of ether oxygens (including phenoxy) is 1. The molecule has 1 atom stereocenters. The number of aryl methyl sites for hydroxylation is 3. The van der Waals surface area contributed by atoms with Crippen molar-refractivity contribution in [3.8, 4) is 0 Å². The van der Waals surface area contributed by atoms with Crippen LogP contribution in [0.25, 0.3) is 0 Å². The Morgan fingerprint density at radius 3 is 2.79 bits per heavy atom. The lowest BCUT2D eigenvalue weighted by Crippen LogP contribution is -2.34. The van der Waals surface area contributed by atoms with Gasteiger partial charge in [0.1, 0.15) is 0 Å². The zero-order valence-electron chi connectivity index (χ0n) is 18.0. The van der Waals surface area contributed by atoms with Crippen LogP contribution in [0, 0.1) is 13.8 Å². The number of aromatic nitrogens is 1. The lowest BCUT2D eigenvalue weighted by molar-refractivity contribution is 0.0391. The molecule has 3 heterocycles. The average Bonchev–Trinajstić information content (AvgIpc) is 2.69. The van der Waals surface area contributed by atoms with Gasteiger partial charge in [-0.2, -0.15) is 0 Å². The summed E-state index contributed by atoms with van der Waals surface area (Å²) in [5.74, 6) is 0. The molecule has 0 N–H and O–H groups in total. The molecule has 0 saturated carbocycles. The van der Waals surface area contributed by atoms with Gasteiger partial charge in [0.05, 0.1) is 12.7 Å². The molecule has 0 spiro atoms. The topological polar surface area (TPSA) is 25.4 Å². The number of benzene rings is 1. The zero-order valence-corrected chi connectivity index (χ0v) is 18.0. The number of rotatable bonds is 5. The molecule has 2 aromatic rings. The fourth-order valence-corrected chi connectivity index (χ4v) is 4.62. The summed E-state index contributed by atoms with van der Waals surface area (Å²) < 4.78 is 6.07. The summed E-state index contributed by atoms with van der Waals surface area (Å²) in [5, 5.41) is 0. The quantitative estimate of drug-likeness (QED) is 0.727. The monoisotopic (exact) mass is 378 g/mol. The first-order valence-corrected chi connectivity index (χ1v) is 11.0. The van der Waals surface area contributed by atoms with E-state index in [2.05, 4.69) is 50.8 Å². The number of fused-ring (bicyclic) bond motifs is 3. The van der Waals surface area contributed by atoms with Crippen LogP contribution < -0.4 is 0 Å². The van der Waals surface area contributed by atoms with Crippen molar-refractivity contribution in [1.82, 2.24) is 9.88 Å². The Morgan fingerprint density at radius 1 is 1.14 bits per heavy atom. The van der Waals surface area contributed by atoms with E-state index in [0.29, 0.717) is 6.10 Å². The molecule has 2 aliphatic rings. The van der Waals surface area contributed by atoms with E-state index in [9.17, 15) is 0 Å². The normalized spacial score (nSPS) is 19.4. The van der Waals surface area contributed by atoms with Crippen molar-refractivity contribution in [2.45, 2.75) is 85.6 Å². The third-order valence-electron chi connectivity index (χ3n) is 6.49. The molecule has 2 aliphatic heterocycles. The molecule has 0 saturated heterocycles. The molecule has 0 bridgehead atoms. The van der Waals surface area contributed by atoms with E-state index >= 15 is 0 Å². The van der Waals surface area contributed by atoms with Crippen molar-refractivity contribution in [3.05, 3.63) is 63.0 Å². The molecule has 4 rings (SSSR count). The van der Waals surface area contributed by atoms with Crippen molar-refractivity contribution in [1.29, 1.82) is 0 Å². The van der Waals surface area contributed by atoms with E-state index in [1.807, 2.05) is 0 Å². The van der Waals surface area contributed by atoms with Gasteiger partial charge in [-0.05, 0) is 67.0 Å².